The summed E-state index contributed by atoms with van der Waals surface area (Å²) in [6.45, 7) is 1.30. The fourth-order valence-corrected chi connectivity index (χ4v) is 1.36. The number of methoxy groups -OCH3 is 1. The van der Waals surface area contributed by atoms with Crippen LogP contribution in [0.25, 0.3) is 0 Å². The van der Waals surface area contributed by atoms with Crippen LogP contribution in [0.3, 0.4) is 0 Å². The first kappa shape index (κ1) is 11.7. The number of nitro benzene ring substituents is 2. The van der Waals surface area contributed by atoms with Crippen LogP contribution in [-0.4, -0.2) is 22.1 Å². The molecule has 0 saturated heterocycles. The fourth-order valence-electron chi connectivity index (χ4n) is 1.36. The average Bonchev–Trinajstić information content (AvgIpc) is 2.15. The predicted octanol–water partition coefficient (Wildman–Crippen LogP) is 1.53. The molecule has 0 fully saturated rings. The van der Waals surface area contributed by atoms with Crippen molar-refractivity contribution < 1.29 is 19.7 Å². The Bertz CT molecular complexity index is 470. The van der Waals surface area contributed by atoms with E-state index in [1.165, 1.54) is 6.92 Å². The Hall–Kier alpha value is -2.38. The highest BCUT2D eigenvalue weighted by molar-refractivity contribution is 5.70. The first-order valence-corrected chi connectivity index (χ1v) is 4.09. The van der Waals surface area contributed by atoms with Gasteiger partial charge < -0.3 is 9.84 Å². The van der Waals surface area contributed by atoms with Crippen LogP contribution in [-0.2, 0) is 0 Å². The zero-order valence-electron chi connectivity index (χ0n) is 8.46. The molecule has 8 heteroatoms. The lowest BCUT2D eigenvalue weighted by molar-refractivity contribution is -0.423. The summed E-state index contributed by atoms with van der Waals surface area (Å²) in [6, 6.07) is 1.05. The van der Waals surface area contributed by atoms with Gasteiger partial charge >= 0.3 is 11.4 Å². The van der Waals surface area contributed by atoms with Crippen molar-refractivity contribution in [2.24, 2.45) is 0 Å². The smallest absolute Gasteiger partial charge is 0.391 e. The van der Waals surface area contributed by atoms with Gasteiger partial charge in [-0.2, -0.15) is 0 Å². The molecule has 0 aliphatic heterocycles. The van der Waals surface area contributed by atoms with Crippen LogP contribution in [0, 0.1) is 27.2 Å². The maximum atomic E-state index is 10.7. The fraction of sp³-hybridized carbons (Fsp3) is 0.250. The summed E-state index contributed by atoms with van der Waals surface area (Å²) in [5.74, 6) is -1.01. The molecule has 1 aromatic carbocycles. The standard InChI is InChI=1S/C8H8N2O6/c1-4-3-5(11)8(16-2)7(10(14)15)6(4)9(12)13/h3,11H,1-2H3. The predicted molar refractivity (Wildman–Crippen MR) is 52.7 cm³/mol. The number of phenols is 1. The number of ether oxygens (including phenoxy) is 1. The van der Waals surface area contributed by atoms with Crippen LogP contribution in [0.15, 0.2) is 6.07 Å². The Morgan fingerprint density at radius 3 is 2.12 bits per heavy atom. The van der Waals surface area contributed by atoms with Crippen molar-refractivity contribution in [1.29, 1.82) is 0 Å². The third-order valence-electron chi connectivity index (χ3n) is 1.97. The van der Waals surface area contributed by atoms with Gasteiger partial charge in [-0.25, -0.2) is 0 Å². The normalized spacial score (nSPS) is 9.88. The summed E-state index contributed by atoms with van der Waals surface area (Å²) in [6.07, 6.45) is 0. The zero-order valence-corrected chi connectivity index (χ0v) is 8.46. The summed E-state index contributed by atoms with van der Waals surface area (Å²) >= 11 is 0. The number of rotatable bonds is 3. The summed E-state index contributed by atoms with van der Waals surface area (Å²) in [5.41, 5.74) is -1.53. The van der Waals surface area contributed by atoms with E-state index in [9.17, 15) is 25.3 Å². The highest BCUT2D eigenvalue weighted by atomic mass is 16.6. The molecule has 0 aliphatic carbocycles. The van der Waals surface area contributed by atoms with Crippen molar-refractivity contribution >= 4 is 11.4 Å². The van der Waals surface area contributed by atoms with Gasteiger partial charge in [-0.05, 0) is 13.0 Å². The molecule has 0 spiro atoms. The van der Waals surface area contributed by atoms with Gasteiger partial charge in [-0.1, -0.05) is 0 Å². The van der Waals surface area contributed by atoms with Crippen molar-refractivity contribution in [1.82, 2.24) is 0 Å². The van der Waals surface area contributed by atoms with E-state index >= 15 is 0 Å². The maximum Gasteiger partial charge on any atom is 0.391 e. The number of nitrogens with zero attached hydrogens (tertiary/aromatic N) is 2. The minimum atomic E-state index is -0.955. The molecule has 1 N–H and O–H groups in total. The van der Waals surface area contributed by atoms with E-state index in [1.807, 2.05) is 0 Å². The number of aromatic hydroxyl groups is 1. The number of hydrogen-bond donors (Lipinski definition) is 1. The number of nitro groups is 2. The highest BCUT2D eigenvalue weighted by Gasteiger charge is 2.34. The third-order valence-corrected chi connectivity index (χ3v) is 1.97. The van der Waals surface area contributed by atoms with Crippen molar-refractivity contribution in [3.05, 3.63) is 31.9 Å². The van der Waals surface area contributed by atoms with E-state index in [4.69, 9.17) is 0 Å². The lowest BCUT2D eigenvalue weighted by atomic mass is 10.1. The van der Waals surface area contributed by atoms with Crippen molar-refractivity contribution in [3.63, 3.8) is 0 Å². The maximum absolute atomic E-state index is 10.7. The van der Waals surface area contributed by atoms with Gasteiger partial charge in [0.05, 0.1) is 17.0 Å². The molecule has 0 aliphatic rings. The molecule has 0 atom stereocenters. The van der Waals surface area contributed by atoms with Crippen LogP contribution in [0.4, 0.5) is 11.4 Å². The van der Waals surface area contributed by atoms with Gasteiger partial charge in [0.15, 0.2) is 5.75 Å². The van der Waals surface area contributed by atoms with Crippen LogP contribution in [0.2, 0.25) is 0 Å². The second kappa shape index (κ2) is 4.01. The molecule has 0 radical (unpaired) electrons. The zero-order chi connectivity index (χ0) is 12.5. The number of aryl methyl sites for hydroxylation is 1. The minimum Gasteiger partial charge on any atom is -0.504 e. The molecular weight excluding hydrogens is 220 g/mol. The second-order valence-electron chi connectivity index (χ2n) is 2.96. The summed E-state index contributed by atoms with van der Waals surface area (Å²) in [5, 5.41) is 30.8. The largest absolute Gasteiger partial charge is 0.504 e. The SMILES string of the molecule is COc1c(O)cc(C)c([N+](=O)[O-])c1[N+](=O)[O-]. The molecule has 86 valence electrons. The van der Waals surface area contributed by atoms with E-state index in [2.05, 4.69) is 4.74 Å². The molecule has 1 rings (SSSR count). The first-order valence-electron chi connectivity index (χ1n) is 4.09. The minimum absolute atomic E-state index is 0.00463. The molecular formula is C8H8N2O6. The van der Waals surface area contributed by atoms with Gasteiger partial charge in [0.2, 0.25) is 5.75 Å². The molecule has 0 aromatic heterocycles. The third kappa shape index (κ3) is 1.72. The molecule has 16 heavy (non-hydrogen) atoms. The molecule has 8 nitrogen and oxygen atoms in total. The topological polar surface area (TPSA) is 116 Å². The quantitative estimate of drug-likeness (QED) is 0.619. The Balaban J connectivity index is 3.72. The van der Waals surface area contributed by atoms with Crippen molar-refractivity contribution in [2.75, 3.05) is 7.11 Å². The Morgan fingerprint density at radius 2 is 1.75 bits per heavy atom. The number of phenolic OH excluding ortho intramolecular Hbond substituents is 1. The second-order valence-corrected chi connectivity index (χ2v) is 2.96. The van der Waals surface area contributed by atoms with Crippen LogP contribution >= 0.6 is 0 Å². The first-order chi connectivity index (χ1) is 7.40. The number of hydrogen-bond acceptors (Lipinski definition) is 6. The van der Waals surface area contributed by atoms with Gasteiger partial charge in [-0.15, -0.1) is 0 Å². The van der Waals surface area contributed by atoms with Crippen LogP contribution in [0.5, 0.6) is 11.5 Å². The Labute approximate surface area is 89.4 Å². The molecule has 0 heterocycles. The lowest BCUT2D eigenvalue weighted by Crippen LogP contribution is -2.01. The Morgan fingerprint density at radius 1 is 1.25 bits per heavy atom. The van der Waals surface area contributed by atoms with Gasteiger partial charge in [0.25, 0.3) is 0 Å². The van der Waals surface area contributed by atoms with E-state index in [1.54, 1.807) is 0 Å². The summed E-state index contributed by atoms with van der Waals surface area (Å²) < 4.78 is 4.59. The van der Waals surface area contributed by atoms with Crippen molar-refractivity contribution in [2.45, 2.75) is 6.92 Å². The van der Waals surface area contributed by atoms with Crippen molar-refractivity contribution in [3.8, 4) is 11.5 Å². The molecule has 0 amide bonds. The molecule has 0 bridgehead atoms. The molecule has 0 saturated carbocycles. The van der Waals surface area contributed by atoms with Gasteiger partial charge in [0.1, 0.15) is 0 Å². The average molecular weight is 228 g/mol. The van der Waals surface area contributed by atoms with E-state index in [-0.39, 0.29) is 5.56 Å². The van der Waals surface area contributed by atoms with Gasteiger partial charge in [0, 0.05) is 5.56 Å². The number of benzene rings is 1. The molecule has 0 unspecified atom stereocenters. The Kier molecular flexibility index (Phi) is 2.93. The van der Waals surface area contributed by atoms with E-state index in [0.717, 1.165) is 13.2 Å². The van der Waals surface area contributed by atoms with Crippen LogP contribution < -0.4 is 4.74 Å². The molecule has 1 aromatic rings. The van der Waals surface area contributed by atoms with E-state index in [0.29, 0.717) is 0 Å². The lowest BCUT2D eigenvalue weighted by Gasteiger charge is -2.06. The van der Waals surface area contributed by atoms with E-state index < -0.39 is 32.7 Å². The van der Waals surface area contributed by atoms with Gasteiger partial charge in [-0.3, -0.25) is 20.2 Å². The monoisotopic (exact) mass is 228 g/mol. The summed E-state index contributed by atoms with van der Waals surface area (Å²) in [4.78, 5) is 19.6. The summed E-state index contributed by atoms with van der Waals surface area (Å²) in [7, 11) is 1.08. The highest BCUT2D eigenvalue weighted by Crippen LogP contribution is 2.44. The van der Waals surface area contributed by atoms with Crippen LogP contribution in [0.1, 0.15) is 5.56 Å².